The molecule has 0 fully saturated rings. The topological polar surface area (TPSA) is 82.0 Å². The van der Waals surface area contributed by atoms with Crippen molar-refractivity contribution < 1.29 is 14.7 Å². The minimum Gasteiger partial charge on any atom is -0.392 e. The number of aryl methyl sites for hydroxylation is 1. The molecule has 0 bridgehead atoms. The number of hydrogen-bond donors (Lipinski definition) is 2. The summed E-state index contributed by atoms with van der Waals surface area (Å²) in [7, 11) is 1.69. The fourth-order valence-corrected chi connectivity index (χ4v) is 5.12. The predicted molar refractivity (Wildman–Crippen MR) is 158 cm³/mol. The van der Waals surface area contributed by atoms with Crippen molar-refractivity contribution in [2.45, 2.75) is 31.5 Å². The van der Waals surface area contributed by atoms with Gasteiger partial charge in [-0.2, -0.15) is 0 Å². The molecule has 2 unspecified atom stereocenters. The molecule has 6 nitrogen and oxygen atoms in total. The van der Waals surface area contributed by atoms with Crippen LogP contribution in [0.4, 0.5) is 5.69 Å². The highest BCUT2D eigenvalue weighted by Gasteiger charge is 2.34. The molecule has 2 amide bonds. The van der Waals surface area contributed by atoms with Crippen LogP contribution in [0.2, 0.25) is 0 Å². The molecular formula is C34H33N3O3. The van der Waals surface area contributed by atoms with Crippen LogP contribution in [0.25, 0.3) is 0 Å². The maximum absolute atomic E-state index is 13.8. The van der Waals surface area contributed by atoms with E-state index in [4.69, 9.17) is 4.99 Å². The van der Waals surface area contributed by atoms with E-state index < -0.39 is 24.1 Å². The van der Waals surface area contributed by atoms with E-state index in [0.717, 1.165) is 27.9 Å². The maximum atomic E-state index is 13.8. The van der Waals surface area contributed by atoms with E-state index in [9.17, 15) is 14.7 Å². The van der Waals surface area contributed by atoms with Crippen LogP contribution >= 0.6 is 0 Å². The van der Waals surface area contributed by atoms with Gasteiger partial charge in [0, 0.05) is 18.2 Å². The van der Waals surface area contributed by atoms with Gasteiger partial charge in [-0.05, 0) is 36.5 Å². The molecule has 1 aliphatic heterocycles. The van der Waals surface area contributed by atoms with Crippen LogP contribution in [0, 0.1) is 5.92 Å². The minimum atomic E-state index is -1.14. The highest BCUT2D eigenvalue weighted by atomic mass is 16.3. The number of aliphatic hydroxyl groups excluding tert-OH is 1. The van der Waals surface area contributed by atoms with Crippen LogP contribution in [0.5, 0.6) is 0 Å². The van der Waals surface area contributed by atoms with Gasteiger partial charge in [-0.1, -0.05) is 109 Å². The van der Waals surface area contributed by atoms with Crippen molar-refractivity contribution in [1.29, 1.82) is 0 Å². The van der Waals surface area contributed by atoms with E-state index in [-0.39, 0.29) is 5.91 Å². The first-order valence-corrected chi connectivity index (χ1v) is 13.6. The number of rotatable bonds is 9. The van der Waals surface area contributed by atoms with Crippen LogP contribution in [0.3, 0.4) is 0 Å². The molecule has 2 N–H and O–H groups in total. The van der Waals surface area contributed by atoms with Crippen molar-refractivity contribution in [3.05, 3.63) is 138 Å². The van der Waals surface area contributed by atoms with E-state index >= 15 is 0 Å². The summed E-state index contributed by atoms with van der Waals surface area (Å²) in [4.78, 5) is 33.8. The quantitative estimate of drug-likeness (QED) is 0.326. The summed E-state index contributed by atoms with van der Waals surface area (Å²) in [6, 6.07) is 36.8. The molecule has 6 heteroatoms. The third-order valence-electron chi connectivity index (χ3n) is 7.34. The third-order valence-corrected chi connectivity index (χ3v) is 7.34. The van der Waals surface area contributed by atoms with E-state index in [1.807, 2.05) is 115 Å². The normalized spacial score (nSPS) is 16.4. The highest BCUT2D eigenvalue weighted by Crippen LogP contribution is 2.27. The van der Waals surface area contributed by atoms with Gasteiger partial charge < -0.3 is 15.3 Å². The number of benzene rings is 4. The van der Waals surface area contributed by atoms with Gasteiger partial charge in [-0.15, -0.1) is 0 Å². The van der Waals surface area contributed by atoms with Crippen LogP contribution in [-0.4, -0.2) is 41.9 Å². The first kappa shape index (κ1) is 27.0. The van der Waals surface area contributed by atoms with E-state index in [2.05, 4.69) is 5.32 Å². The fourth-order valence-electron chi connectivity index (χ4n) is 5.12. The molecule has 3 atom stereocenters. The van der Waals surface area contributed by atoms with Crippen molar-refractivity contribution in [1.82, 2.24) is 5.32 Å². The Labute approximate surface area is 235 Å². The van der Waals surface area contributed by atoms with Gasteiger partial charge in [-0.25, -0.2) is 4.99 Å². The van der Waals surface area contributed by atoms with Crippen LogP contribution in [-0.2, 0) is 22.4 Å². The van der Waals surface area contributed by atoms with E-state index in [1.54, 1.807) is 7.05 Å². The van der Waals surface area contributed by atoms with Crippen molar-refractivity contribution >= 4 is 23.2 Å². The number of carbonyl (C=O) groups excluding carboxylic acids is 2. The molecule has 5 rings (SSSR count). The standard InChI is InChI=1S/C34H33N3O3/c1-37-29-20-12-11-19-27(29)31(26-17-9-4-10-18-26)35-32(34(37)40)36-33(39)28(23-25-15-7-3-8-16-25)30(38)22-21-24-13-5-2-6-14-24/h2-20,28,30,32,38H,21-23H2,1H3,(H,36,39)/t28?,30-,32?/m0/s1. The number of para-hydroxylation sites is 1. The number of hydrogen-bond acceptors (Lipinski definition) is 4. The minimum absolute atomic E-state index is 0.342. The Kier molecular flexibility index (Phi) is 8.47. The van der Waals surface area contributed by atoms with Crippen molar-refractivity contribution in [3.8, 4) is 0 Å². The average molecular weight is 532 g/mol. The number of anilines is 1. The number of nitrogens with zero attached hydrogens (tertiary/aromatic N) is 2. The second-order valence-corrected chi connectivity index (χ2v) is 10.1. The Balaban J connectivity index is 1.44. The summed E-state index contributed by atoms with van der Waals surface area (Å²) in [5, 5.41) is 14.2. The third kappa shape index (κ3) is 6.19. The Morgan fingerprint density at radius 3 is 2.10 bits per heavy atom. The zero-order valence-corrected chi connectivity index (χ0v) is 22.5. The summed E-state index contributed by atoms with van der Waals surface area (Å²) >= 11 is 0. The van der Waals surface area contributed by atoms with Crippen molar-refractivity contribution in [3.63, 3.8) is 0 Å². The van der Waals surface area contributed by atoms with Crippen LogP contribution < -0.4 is 10.2 Å². The predicted octanol–water partition coefficient (Wildman–Crippen LogP) is 4.80. The number of nitrogens with one attached hydrogen (secondary N) is 1. The Bertz CT molecular complexity index is 1470. The molecule has 0 aromatic heterocycles. The molecule has 1 aliphatic rings. The molecule has 4 aromatic carbocycles. The van der Waals surface area contributed by atoms with E-state index in [0.29, 0.717) is 25.0 Å². The van der Waals surface area contributed by atoms with Gasteiger partial charge in [0.25, 0.3) is 5.91 Å². The summed E-state index contributed by atoms with van der Waals surface area (Å²) in [5.41, 5.74) is 5.03. The largest absolute Gasteiger partial charge is 0.392 e. The van der Waals surface area contributed by atoms with Crippen LogP contribution in [0.1, 0.15) is 28.7 Å². The second kappa shape index (κ2) is 12.5. The monoisotopic (exact) mass is 531 g/mol. The van der Waals surface area contributed by atoms with Gasteiger partial charge in [0.1, 0.15) is 0 Å². The van der Waals surface area contributed by atoms with Gasteiger partial charge in [-0.3, -0.25) is 9.59 Å². The fraction of sp³-hybridized carbons (Fsp3) is 0.206. The molecule has 202 valence electrons. The lowest BCUT2D eigenvalue weighted by molar-refractivity contribution is -0.132. The molecule has 0 saturated heterocycles. The van der Waals surface area contributed by atoms with Gasteiger partial charge in [0.15, 0.2) is 0 Å². The summed E-state index contributed by atoms with van der Waals surface area (Å²) in [6.45, 7) is 0. The molecule has 0 saturated carbocycles. The van der Waals surface area contributed by atoms with Crippen molar-refractivity contribution in [2.75, 3.05) is 11.9 Å². The Morgan fingerprint density at radius 1 is 0.850 bits per heavy atom. The number of benzodiazepines with no additional fused rings is 1. The number of carbonyl (C=O) groups is 2. The number of amides is 2. The van der Waals surface area contributed by atoms with Gasteiger partial charge >= 0.3 is 0 Å². The lowest BCUT2D eigenvalue weighted by Gasteiger charge is -2.26. The summed E-state index contributed by atoms with van der Waals surface area (Å²) < 4.78 is 0. The smallest absolute Gasteiger partial charge is 0.272 e. The summed E-state index contributed by atoms with van der Waals surface area (Å²) in [5.74, 6) is -1.51. The number of likely N-dealkylation sites (N-methyl/N-ethyl adjacent to an activating group) is 1. The SMILES string of the molecule is CN1C(=O)C(NC(=O)C(Cc2ccccc2)[C@@H](O)CCc2ccccc2)N=C(c2ccccc2)c2ccccc21. The molecule has 1 heterocycles. The van der Waals surface area contributed by atoms with Crippen LogP contribution in [0.15, 0.2) is 120 Å². The molecule has 0 spiro atoms. The first-order valence-electron chi connectivity index (χ1n) is 13.6. The molecular weight excluding hydrogens is 498 g/mol. The Hall–Kier alpha value is -4.55. The maximum Gasteiger partial charge on any atom is 0.272 e. The Morgan fingerprint density at radius 2 is 1.43 bits per heavy atom. The number of aliphatic imine (C=N–C) groups is 1. The summed E-state index contributed by atoms with van der Waals surface area (Å²) in [6.07, 6.45) is -0.655. The lowest BCUT2D eigenvalue weighted by Crippen LogP contribution is -2.50. The zero-order chi connectivity index (χ0) is 27.9. The van der Waals surface area contributed by atoms with Gasteiger partial charge in [0.05, 0.1) is 23.4 Å². The molecule has 0 radical (unpaired) electrons. The second-order valence-electron chi connectivity index (χ2n) is 10.1. The zero-order valence-electron chi connectivity index (χ0n) is 22.5. The van der Waals surface area contributed by atoms with Crippen molar-refractivity contribution in [2.24, 2.45) is 10.9 Å². The lowest BCUT2D eigenvalue weighted by atomic mass is 9.89. The van der Waals surface area contributed by atoms with E-state index in [1.165, 1.54) is 4.90 Å². The number of aliphatic hydroxyl groups is 1. The molecule has 40 heavy (non-hydrogen) atoms. The van der Waals surface area contributed by atoms with Gasteiger partial charge in [0.2, 0.25) is 12.1 Å². The molecule has 0 aliphatic carbocycles. The average Bonchev–Trinajstić information content (AvgIpc) is 3.10. The first-order chi connectivity index (χ1) is 19.5. The highest BCUT2D eigenvalue weighted by molar-refractivity contribution is 6.20. The molecule has 4 aromatic rings. The number of fused-ring (bicyclic) bond motifs is 1.